The summed E-state index contributed by atoms with van der Waals surface area (Å²) in [5.74, 6) is -1.09. The van der Waals surface area contributed by atoms with Crippen molar-refractivity contribution in [2.75, 3.05) is 6.54 Å². The summed E-state index contributed by atoms with van der Waals surface area (Å²) in [5, 5.41) is 10.5. The molecule has 37 heavy (non-hydrogen) atoms. The predicted molar refractivity (Wildman–Crippen MR) is 142 cm³/mol. The summed E-state index contributed by atoms with van der Waals surface area (Å²) >= 11 is 0. The van der Waals surface area contributed by atoms with Crippen LogP contribution in [0.5, 0.6) is 0 Å². The lowest BCUT2D eigenvalue weighted by molar-refractivity contribution is -0.143. The lowest BCUT2D eigenvalue weighted by atomic mass is 9.73. The molecule has 0 saturated carbocycles. The SMILES string of the molecule is CC1(C(=O)N(CCc2ccccc2F)Cc2ccccc2)CCc2c(c3ccccc3n2CC(=O)O)C1. The number of aliphatic carboxylic acids is 1. The van der Waals surface area contributed by atoms with Crippen LogP contribution >= 0.6 is 0 Å². The van der Waals surface area contributed by atoms with Gasteiger partial charge in [-0.2, -0.15) is 0 Å². The first-order valence-electron chi connectivity index (χ1n) is 12.7. The Morgan fingerprint density at radius 1 is 1.00 bits per heavy atom. The van der Waals surface area contributed by atoms with Gasteiger partial charge in [0.2, 0.25) is 5.91 Å². The van der Waals surface area contributed by atoms with Crippen LogP contribution < -0.4 is 0 Å². The highest BCUT2D eigenvalue weighted by molar-refractivity contribution is 5.90. The maximum Gasteiger partial charge on any atom is 0.323 e. The molecular weight excluding hydrogens is 467 g/mol. The lowest BCUT2D eigenvalue weighted by Gasteiger charge is -2.38. The van der Waals surface area contributed by atoms with Crippen LogP contribution in [0.3, 0.4) is 0 Å². The molecule has 3 aromatic carbocycles. The van der Waals surface area contributed by atoms with E-state index in [1.807, 2.05) is 77.1 Å². The molecule has 0 spiro atoms. The van der Waals surface area contributed by atoms with E-state index in [-0.39, 0.29) is 18.3 Å². The Balaban J connectivity index is 1.46. The van der Waals surface area contributed by atoms with E-state index in [0.717, 1.165) is 27.7 Å². The molecule has 1 aliphatic rings. The van der Waals surface area contributed by atoms with Crippen molar-refractivity contribution < 1.29 is 19.1 Å². The monoisotopic (exact) mass is 498 g/mol. The van der Waals surface area contributed by atoms with Crippen molar-refractivity contribution in [2.45, 2.75) is 45.7 Å². The summed E-state index contributed by atoms with van der Waals surface area (Å²) in [7, 11) is 0. The number of benzene rings is 3. The Hall–Kier alpha value is -3.93. The Kier molecular flexibility index (Phi) is 6.83. The zero-order valence-corrected chi connectivity index (χ0v) is 21.0. The van der Waals surface area contributed by atoms with Gasteiger partial charge in [0, 0.05) is 29.7 Å². The van der Waals surface area contributed by atoms with E-state index in [0.29, 0.717) is 44.3 Å². The normalized spacial score (nSPS) is 16.9. The van der Waals surface area contributed by atoms with Gasteiger partial charge in [0.15, 0.2) is 0 Å². The molecule has 5 nitrogen and oxygen atoms in total. The van der Waals surface area contributed by atoms with Crippen LogP contribution in [0.1, 0.15) is 35.7 Å². The lowest BCUT2D eigenvalue weighted by Crippen LogP contribution is -2.46. The van der Waals surface area contributed by atoms with Gasteiger partial charge in [-0.3, -0.25) is 9.59 Å². The maximum atomic E-state index is 14.4. The first-order valence-corrected chi connectivity index (χ1v) is 12.7. The molecule has 1 N–H and O–H groups in total. The Morgan fingerprint density at radius 2 is 1.70 bits per heavy atom. The highest BCUT2D eigenvalue weighted by Gasteiger charge is 2.41. The first-order chi connectivity index (χ1) is 17.9. The number of nitrogens with zero attached hydrogens (tertiary/aromatic N) is 2. The summed E-state index contributed by atoms with van der Waals surface area (Å²) in [6, 6.07) is 24.4. The maximum absolute atomic E-state index is 14.4. The van der Waals surface area contributed by atoms with Crippen LogP contribution in [0.25, 0.3) is 10.9 Å². The number of fused-ring (bicyclic) bond motifs is 3. The third kappa shape index (κ3) is 5.01. The molecule has 4 aromatic rings. The number of halogens is 1. The van der Waals surface area contributed by atoms with Gasteiger partial charge in [0.25, 0.3) is 0 Å². The minimum atomic E-state index is -0.879. The minimum absolute atomic E-state index is 0.0495. The molecule has 1 heterocycles. The molecule has 6 heteroatoms. The molecule has 0 bridgehead atoms. The first kappa shape index (κ1) is 24.8. The van der Waals surface area contributed by atoms with Gasteiger partial charge >= 0.3 is 5.97 Å². The van der Waals surface area contributed by atoms with E-state index in [4.69, 9.17) is 0 Å². The second-order valence-electron chi connectivity index (χ2n) is 10.2. The molecule has 0 aliphatic heterocycles. The third-order valence-corrected chi connectivity index (χ3v) is 7.60. The largest absolute Gasteiger partial charge is 0.480 e. The van der Waals surface area contributed by atoms with E-state index < -0.39 is 11.4 Å². The van der Waals surface area contributed by atoms with Gasteiger partial charge in [-0.25, -0.2) is 4.39 Å². The topological polar surface area (TPSA) is 62.5 Å². The fraction of sp³-hybridized carbons (Fsp3) is 0.290. The van der Waals surface area contributed by atoms with Crippen LogP contribution in [-0.4, -0.2) is 33.0 Å². The van der Waals surface area contributed by atoms with Crippen LogP contribution in [0.15, 0.2) is 78.9 Å². The molecule has 0 radical (unpaired) electrons. The second kappa shape index (κ2) is 10.2. The number of carbonyl (C=O) groups excluding carboxylic acids is 1. The summed E-state index contributed by atoms with van der Waals surface area (Å²) in [4.78, 5) is 27.7. The number of rotatable bonds is 8. The summed E-state index contributed by atoms with van der Waals surface area (Å²) in [6.07, 6.45) is 2.23. The number of amides is 1. The molecule has 1 aliphatic carbocycles. The van der Waals surface area contributed by atoms with Crippen molar-refractivity contribution in [3.63, 3.8) is 0 Å². The average Bonchev–Trinajstić information content (AvgIpc) is 3.19. The van der Waals surface area contributed by atoms with Gasteiger partial charge in [-0.15, -0.1) is 0 Å². The molecule has 5 rings (SSSR count). The number of hydrogen-bond donors (Lipinski definition) is 1. The highest BCUT2D eigenvalue weighted by Crippen LogP contribution is 2.41. The van der Waals surface area contributed by atoms with E-state index in [2.05, 4.69) is 0 Å². The predicted octanol–water partition coefficient (Wildman–Crippen LogP) is 5.63. The molecule has 1 unspecified atom stereocenters. The van der Waals surface area contributed by atoms with E-state index >= 15 is 0 Å². The van der Waals surface area contributed by atoms with E-state index in [1.54, 1.807) is 12.1 Å². The molecule has 1 amide bonds. The number of hydrogen-bond acceptors (Lipinski definition) is 2. The Morgan fingerprint density at radius 3 is 2.46 bits per heavy atom. The van der Waals surface area contributed by atoms with Gasteiger partial charge in [-0.05, 0) is 54.5 Å². The molecular formula is C31H31FN2O3. The fourth-order valence-corrected chi connectivity index (χ4v) is 5.68. The number of carboxylic acids is 1. The number of carbonyl (C=O) groups is 2. The molecule has 190 valence electrons. The van der Waals surface area contributed by atoms with Crippen molar-refractivity contribution in [2.24, 2.45) is 5.41 Å². The molecule has 0 fully saturated rings. The quantitative estimate of drug-likeness (QED) is 0.342. The number of carboxylic acid groups (broad SMARTS) is 1. The van der Waals surface area contributed by atoms with Gasteiger partial charge in [0.05, 0.1) is 5.41 Å². The smallest absolute Gasteiger partial charge is 0.323 e. The van der Waals surface area contributed by atoms with E-state index in [9.17, 15) is 19.1 Å². The Labute approximate surface area is 216 Å². The highest BCUT2D eigenvalue weighted by atomic mass is 19.1. The van der Waals surface area contributed by atoms with Crippen LogP contribution in [0.4, 0.5) is 4.39 Å². The minimum Gasteiger partial charge on any atom is -0.480 e. The summed E-state index contributed by atoms with van der Waals surface area (Å²) in [5.41, 5.74) is 3.95. The second-order valence-corrected chi connectivity index (χ2v) is 10.2. The van der Waals surface area contributed by atoms with Gasteiger partial charge < -0.3 is 14.6 Å². The summed E-state index contributed by atoms with van der Waals surface area (Å²) < 4.78 is 16.2. The van der Waals surface area contributed by atoms with Crippen molar-refractivity contribution >= 4 is 22.8 Å². The zero-order chi connectivity index (χ0) is 26.0. The number of para-hydroxylation sites is 1. The van der Waals surface area contributed by atoms with Crippen LogP contribution in [0, 0.1) is 11.2 Å². The fourth-order valence-electron chi connectivity index (χ4n) is 5.68. The number of aromatic nitrogens is 1. The standard InChI is InChI=1S/C31H31FN2O3/c1-31(17-15-28-25(19-31)24-12-6-8-14-27(24)34(28)21-29(35)36)30(37)33(20-22-9-3-2-4-10-22)18-16-23-11-5-7-13-26(23)32/h2-14H,15-21H2,1H3,(H,35,36). The molecule has 1 aromatic heterocycles. The van der Waals surface area contributed by atoms with Crippen LogP contribution in [0.2, 0.25) is 0 Å². The van der Waals surface area contributed by atoms with Crippen molar-refractivity contribution in [3.05, 3.63) is 107 Å². The van der Waals surface area contributed by atoms with E-state index in [1.165, 1.54) is 6.07 Å². The van der Waals surface area contributed by atoms with Crippen molar-refractivity contribution in [3.8, 4) is 0 Å². The van der Waals surface area contributed by atoms with Crippen molar-refractivity contribution in [1.82, 2.24) is 9.47 Å². The third-order valence-electron chi connectivity index (χ3n) is 7.60. The molecule has 1 atom stereocenters. The zero-order valence-electron chi connectivity index (χ0n) is 21.0. The van der Waals surface area contributed by atoms with Gasteiger partial charge in [-0.1, -0.05) is 73.7 Å². The van der Waals surface area contributed by atoms with Crippen LogP contribution in [-0.2, 0) is 41.9 Å². The average molecular weight is 499 g/mol. The van der Waals surface area contributed by atoms with Gasteiger partial charge in [0.1, 0.15) is 12.4 Å². The summed E-state index contributed by atoms with van der Waals surface area (Å²) in [6.45, 7) is 2.79. The van der Waals surface area contributed by atoms with Crippen molar-refractivity contribution in [1.29, 1.82) is 0 Å². The Bertz CT molecular complexity index is 1450. The molecule has 0 saturated heterocycles.